The van der Waals surface area contributed by atoms with Crippen LogP contribution in [0, 0.1) is 5.92 Å². The van der Waals surface area contributed by atoms with Crippen LogP contribution in [0.4, 0.5) is 0 Å². The molecule has 19 heavy (non-hydrogen) atoms. The average Bonchev–Trinajstić information content (AvgIpc) is 3.12. The van der Waals surface area contributed by atoms with E-state index in [0.29, 0.717) is 6.04 Å². The Bertz CT molecular complexity index is 368. The summed E-state index contributed by atoms with van der Waals surface area (Å²) in [7, 11) is 0. The Balaban J connectivity index is 1.76. The summed E-state index contributed by atoms with van der Waals surface area (Å²) in [6, 6.07) is 1.14. The molecule has 1 aliphatic rings. The predicted octanol–water partition coefficient (Wildman–Crippen LogP) is 2.96. The number of hydrogen-bond donors (Lipinski definition) is 1. The van der Waals surface area contributed by atoms with E-state index < -0.39 is 0 Å². The molecule has 4 heteroatoms. The van der Waals surface area contributed by atoms with Gasteiger partial charge >= 0.3 is 0 Å². The highest BCUT2D eigenvalue weighted by Crippen LogP contribution is 2.34. The van der Waals surface area contributed by atoms with E-state index >= 15 is 0 Å². The largest absolute Gasteiger partial charge is 0.314 e. The van der Waals surface area contributed by atoms with Gasteiger partial charge < -0.3 is 5.32 Å². The zero-order valence-electron chi connectivity index (χ0n) is 12.6. The summed E-state index contributed by atoms with van der Waals surface area (Å²) in [5.74, 6) is 2.08. The maximum Gasteiger partial charge on any atom is 0.138 e. The van der Waals surface area contributed by atoms with Crippen LogP contribution in [-0.2, 0) is 6.42 Å². The minimum atomic E-state index is 0.412. The number of hydrogen-bond acceptors (Lipinski definition) is 3. The zero-order chi connectivity index (χ0) is 13.7. The summed E-state index contributed by atoms with van der Waals surface area (Å²) < 4.78 is 2.05. The van der Waals surface area contributed by atoms with E-state index in [4.69, 9.17) is 0 Å². The molecule has 0 saturated heterocycles. The van der Waals surface area contributed by atoms with Gasteiger partial charge in [-0.3, -0.25) is 0 Å². The normalized spacial score (nSPS) is 17.1. The third-order valence-electron chi connectivity index (χ3n) is 3.90. The van der Waals surface area contributed by atoms with Crippen LogP contribution in [0.15, 0.2) is 6.33 Å². The van der Waals surface area contributed by atoms with Crippen LogP contribution in [0.2, 0.25) is 0 Å². The number of nitrogens with one attached hydrogen (secondary N) is 1. The van der Waals surface area contributed by atoms with Crippen LogP contribution in [0.5, 0.6) is 0 Å². The number of nitrogens with zero attached hydrogens (tertiary/aromatic N) is 3. The van der Waals surface area contributed by atoms with E-state index in [0.717, 1.165) is 30.7 Å². The molecule has 0 bridgehead atoms. The lowest BCUT2D eigenvalue weighted by Gasteiger charge is -2.18. The van der Waals surface area contributed by atoms with E-state index in [1.807, 2.05) is 4.68 Å². The molecular formula is C15H28N4. The molecule has 0 spiro atoms. The average molecular weight is 264 g/mol. The fourth-order valence-corrected chi connectivity index (χ4v) is 2.70. The van der Waals surface area contributed by atoms with Crippen molar-refractivity contribution < 1.29 is 0 Å². The first kappa shape index (κ1) is 14.5. The fourth-order valence-electron chi connectivity index (χ4n) is 2.70. The molecule has 1 unspecified atom stereocenters. The lowest BCUT2D eigenvalue weighted by molar-refractivity contribution is 0.418. The van der Waals surface area contributed by atoms with Crippen LogP contribution < -0.4 is 5.32 Å². The Hall–Kier alpha value is -0.900. The molecule has 108 valence electrons. The summed E-state index contributed by atoms with van der Waals surface area (Å²) in [6.07, 6.45) is 9.29. The molecule has 1 fully saturated rings. The molecule has 0 aromatic carbocycles. The highest BCUT2D eigenvalue weighted by atomic mass is 15.3. The molecule has 1 atom stereocenters. The minimum Gasteiger partial charge on any atom is -0.314 e. The lowest BCUT2D eigenvalue weighted by Crippen LogP contribution is -2.31. The lowest BCUT2D eigenvalue weighted by atomic mass is 10.0. The molecule has 1 aliphatic carbocycles. The van der Waals surface area contributed by atoms with Gasteiger partial charge in [0, 0.05) is 18.5 Å². The van der Waals surface area contributed by atoms with Gasteiger partial charge in [0.1, 0.15) is 12.2 Å². The van der Waals surface area contributed by atoms with Gasteiger partial charge in [-0.15, -0.1) is 0 Å². The second-order valence-electron chi connectivity index (χ2n) is 6.00. The molecule has 0 aliphatic heterocycles. The standard InChI is InChI=1S/C15H28N4/c1-4-10-16-14(13-8-9-13)6-5-7-15-17-11-18-19(15)12(2)3/h11-14,16H,4-10H2,1-3H3. The monoisotopic (exact) mass is 264 g/mol. The van der Waals surface area contributed by atoms with Gasteiger partial charge in [0.15, 0.2) is 0 Å². The highest BCUT2D eigenvalue weighted by Gasteiger charge is 2.30. The quantitative estimate of drug-likeness (QED) is 0.745. The van der Waals surface area contributed by atoms with Crippen LogP contribution in [0.1, 0.15) is 64.7 Å². The Morgan fingerprint density at radius 2 is 2.21 bits per heavy atom. The maximum absolute atomic E-state index is 4.39. The molecule has 2 rings (SSSR count). The van der Waals surface area contributed by atoms with Crippen molar-refractivity contribution >= 4 is 0 Å². The Kier molecular flexibility index (Phi) is 5.37. The molecule has 1 heterocycles. The molecular weight excluding hydrogens is 236 g/mol. The first-order valence-electron chi connectivity index (χ1n) is 7.84. The first-order valence-corrected chi connectivity index (χ1v) is 7.84. The molecule has 1 aromatic rings. The Morgan fingerprint density at radius 1 is 1.42 bits per heavy atom. The van der Waals surface area contributed by atoms with Crippen LogP contribution >= 0.6 is 0 Å². The first-order chi connectivity index (χ1) is 9.22. The van der Waals surface area contributed by atoms with Gasteiger partial charge in [0.2, 0.25) is 0 Å². The smallest absolute Gasteiger partial charge is 0.138 e. The molecule has 1 saturated carbocycles. The molecule has 1 aromatic heterocycles. The Morgan fingerprint density at radius 3 is 2.84 bits per heavy atom. The Labute approximate surface area is 117 Å². The number of rotatable bonds is 9. The van der Waals surface area contributed by atoms with Crippen molar-refractivity contribution in [2.45, 2.75) is 71.4 Å². The van der Waals surface area contributed by atoms with Crippen molar-refractivity contribution in [1.29, 1.82) is 0 Å². The van der Waals surface area contributed by atoms with Crippen LogP contribution in [0.3, 0.4) is 0 Å². The van der Waals surface area contributed by atoms with Gasteiger partial charge in [-0.05, 0) is 58.4 Å². The van der Waals surface area contributed by atoms with E-state index in [-0.39, 0.29) is 0 Å². The molecule has 4 nitrogen and oxygen atoms in total. The number of aromatic nitrogens is 3. The molecule has 0 amide bonds. The van der Waals surface area contributed by atoms with Gasteiger partial charge in [-0.2, -0.15) is 5.10 Å². The molecule has 0 radical (unpaired) electrons. The molecule has 1 N–H and O–H groups in total. The van der Waals surface area contributed by atoms with Crippen molar-refractivity contribution in [3.63, 3.8) is 0 Å². The maximum atomic E-state index is 4.39. The second kappa shape index (κ2) is 7.04. The summed E-state index contributed by atoms with van der Waals surface area (Å²) in [5, 5.41) is 8.01. The zero-order valence-corrected chi connectivity index (χ0v) is 12.6. The number of aryl methyl sites for hydroxylation is 1. The van der Waals surface area contributed by atoms with Gasteiger partial charge in [-0.25, -0.2) is 9.67 Å². The summed E-state index contributed by atoms with van der Waals surface area (Å²) in [6.45, 7) is 7.72. The second-order valence-corrected chi connectivity index (χ2v) is 6.00. The summed E-state index contributed by atoms with van der Waals surface area (Å²) in [5.41, 5.74) is 0. The van der Waals surface area contributed by atoms with E-state index in [2.05, 4.69) is 36.2 Å². The van der Waals surface area contributed by atoms with Gasteiger partial charge in [-0.1, -0.05) is 6.92 Å². The van der Waals surface area contributed by atoms with Crippen molar-refractivity contribution in [2.75, 3.05) is 6.54 Å². The third-order valence-corrected chi connectivity index (χ3v) is 3.90. The third kappa shape index (κ3) is 4.30. The van der Waals surface area contributed by atoms with E-state index in [9.17, 15) is 0 Å². The van der Waals surface area contributed by atoms with Gasteiger partial charge in [0.05, 0.1) is 0 Å². The SMILES string of the molecule is CCCNC(CCCc1ncnn1C(C)C)C1CC1. The predicted molar refractivity (Wildman–Crippen MR) is 78.2 cm³/mol. The van der Waals surface area contributed by atoms with E-state index in [1.54, 1.807) is 6.33 Å². The van der Waals surface area contributed by atoms with Crippen LogP contribution in [0.25, 0.3) is 0 Å². The van der Waals surface area contributed by atoms with Gasteiger partial charge in [0.25, 0.3) is 0 Å². The topological polar surface area (TPSA) is 42.7 Å². The van der Waals surface area contributed by atoms with Crippen LogP contribution in [-0.4, -0.2) is 27.4 Å². The summed E-state index contributed by atoms with van der Waals surface area (Å²) >= 11 is 0. The fraction of sp³-hybridized carbons (Fsp3) is 0.867. The van der Waals surface area contributed by atoms with Crippen molar-refractivity contribution in [3.05, 3.63) is 12.2 Å². The van der Waals surface area contributed by atoms with Crippen molar-refractivity contribution in [2.24, 2.45) is 5.92 Å². The van der Waals surface area contributed by atoms with Crippen molar-refractivity contribution in [1.82, 2.24) is 20.1 Å². The van der Waals surface area contributed by atoms with Crippen molar-refractivity contribution in [3.8, 4) is 0 Å². The summed E-state index contributed by atoms with van der Waals surface area (Å²) in [4.78, 5) is 4.39. The van der Waals surface area contributed by atoms with E-state index in [1.165, 1.54) is 32.1 Å². The highest BCUT2D eigenvalue weighted by molar-refractivity contribution is 4.90. The minimum absolute atomic E-state index is 0.412.